The zero-order chi connectivity index (χ0) is 12.1. The highest BCUT2D eigenvalue weighted by molar-refractivity contribution is 5.97. The van der Waals surface area contributed by atoms with Crippen LogP contribution in [0.15, 0.2) is 24.4 Å². The molecular formula is C13H16N2O. The molecule has 2 aromatic heterocycles. The molecule has 0 unspecified atom stereocenters. The van der Waals surface area contributed by atoms with Crippen LogP contribution in [0.1, 0.15) is 36.8 Å². The molecule has 0 atom stereocenters. The van der Waals surface area contributed by atoms with Gasteiger partial charge in [0.25, 0.3) is 0 Å². The highest BCUT2D eigenvalue weighted by Gasteiger charge is 2.06. The first-order valence-electron chi connectivity index (χ1n) is 5.42. The molecule has 2 aromatic rings. The Morgan fingerprint density at radius 2 is 2.00 bits per heavy atom. The zero-order valence-electron chi connectivity index (χ0n) is 10.1. The number of hydrogen-bond acceptors (Lipinski definition) is 3. The summed E-state index contributed by atoms with van der Waals surface area (Å²) in [5.74, 6) is 0.0424. The average molecular weight is 216 g/mol. The Bertz CT molecular complexity index is 506. The van der Waals surface area contributed by atoms with Crippen LogP contribution in [0.5, 0.6) is 0 Å². The minimum absolute atomic E-state index is 0.0424. The molecule has 3 nitrogen and oxygen atoms in total. The van der Waals surface area contributed by atoms with Crippen molar-refractivity contribution in [1.82, 2.24) is 9.97 Å². The van der Waals surface area contributed by atoms with E-state index in [1.54, 1.807) is 13.1 Å². The summed E-state index contributed by atoms with van der Waals surface area (Å²) in [7, 11) is 0. The Kier molecular flexibility index (Phi) is 4.11. The maximum absolute atomic E-state index is 11.2. The van der Waals surface area contributed by atoms with Gasteiger partial charge in [0, 0.05) is 17.1 Å². The fraction of sp³-hybridized carbons (Fsp3) is 0.308. The predicted octanol–water partition coefficient (Wildman–Crippen LogP) is 3.17. The number of fused-ring (bicyclic) bond motifs is 1. The van der Waals surface area contributed by atoms with Crippen LogP contribution in [0.4, 0.5) is 0 Å². The van der Waals surface area contributed by atoms with Crippen LogP contribution in [-0.2, 0) is 0 Å². The highest BCUT2D eigenvalue weighted by atomic mass is 16.1. The van der Waals surface area contributed by atoms with Crippen molar-refractivity contribution in [3.05, 3.63) is 35.7 Å². The Morgan fingerprint density at radius 1 is 1.31 bits per heavy atom. The quantitative estimate of drug-likeness (QED) is 0.688. The van der Waals surface area contributed by atoms with Crippen molar-refractivity contribution in [2.75, 3.05) is 0 Å². The van der Waals surface area contributed by atoms with E-state index in [1.807, 2.05) is 39.0 Å². The van der Waals surface area contributed by atoms with Gasteiger partial charge in [-0.25, -0.2) is 9.97 Å². The summed E-state index contributed by atoms with van der Waals surface area (Å²) in [6.45, 7) is 7.37. The largest absolute Gasteiger partial charge is 0.294 e. The second-order valence-electron chi connectivity index (χ2n) is 3.23. The van der Waals surface area contributed by atoms with Crippen molar-refractivity contribution in [2.24, 2.45) is 0 Å². The minimum Gasteiger partial charge on any atom is -0.294 e. The van der Waals surface area contributed by atoms with Crippen molar-refractivity contribution in [1.29, 1.82) is 0 Å². The number of aryl methyl sites for hydroxylation is 1. The van der Waals surface area contributed by atoms with Crippen molar-refractivity contribution in [2.45, 2.75) is 27.7 Å². The van der Waals surface area contributed by atoms with Crippen molar-refractivity contribution in [3.63, 3.8) is 0 Å². The molecule has 0 aliphatic heterocycles. The molecule has 16 heavy (non-hydrogen) atoms. The van der Waals surface area contributed by atoms with Gasteiger partial charge in [-0.05, 0) is 32.0 Å². The number of Topliss-reactive ketones (excluding diaryl/α,β-unsaturated/α-hetero) is 1. The van der Waals surface area contributed by atoms with Crippen LogP contribution in [0, 0.1) is 6.92 Å². The molecule has 2 heterocycles. The van der Waals surface area contributed by atoms with Gasteiger partial charge in [-0.3, -0.25) is 4.79 Å². The summed E-state index contributed by atoms with van der Waals surface area (Å²) in [5.41, 5.74) is 2.10. The van der Waals surface area contributed by atoms with Crippen LogP contribution in [0.3, 0.4) is 0 Å². The number of rotatable bonds is 1. The van der Waals surface area contributed by atoms with Crippen LogP contribution in [0.25, 0.3) is 11.0 Å². The van der Waals surface area contributed by atoms with Crippen LogP contribution >= 0.6 is 0 Å². The van der Waals surface area contributed by atoms with E-state index in [0.29, 0.717) is 11.2 Å². The Balaban J connectivity index is 0.000000606. The maximum Gasteiger partial charge on any atom is 0.161 e. The highest BCUT2D eigenvalue weighted by Crippen LogP contribution is 2.14. The number of carbonyl (C=O) groups excluding carboxylic acids is 1. The Labute approximate surface area is 95.5 Å². The van der Waals surface area contributed by atoms with E-state index in [1.165, 1.54) is 0 Å². The molecule has 0 bridgehead atoms. The summed E-state index contributed by atoms with van der Waals surface area (Å²) in [6.07, 6.45) is 1.70. The number of ketones is 1. The standard InChI is InChI=1S/C11H10N2O.C2H6/c1-7-10(8(2)14)6-9-4-3-5-12-11(9)13-7;1-2/h3-6H,1-2H3;1-2H3. The second-order valence-corrected chi connectivity index (χ2v) is 3.23. The lowest BCUT2D eigenvalue weighted by Gasteiger charge is -2.02. The minimum atomic E-state index is 0.0424. The first kappa shape index (κ1) is 12.3. The molecular weight excluding hydrogens is 200 g/mol. The van der Waals surface area contributed by atoms with E-state index in [-0.39, 0.29) is 5.78 Å². The number of carbonyl (C=O) groups is 1. The van der Waals surface area contributed by atoms with E-state index in [9.17, 15) is 4.79 Å². The molecule has 0 saturated carbocycles. The van der Waals surface area contributed by atoms with E-state index < -0.39 is 0 Å². The van der Waals surface area contributed by atoms with Gasteiger partial charge >= 0.3 is 0 Å². The van der Waals surface area contributed by atoms with E-state index in [0.717, 1.165) is 11.1 Å². The topological polar surface area (TPSA) is 42.9 Å². The molecule has 0 aliphatic rings. The predicted molar refractivity (Wildman–Crippen MR) is 65.6 cm³/mol. The van der Waals surface area contributed by atoms with E-state index in [2.05, 4.69) is 9.97 Å². The third-order valence-electron chi connectivity index (χ3n) is 2.16. The van der Waals surface area contributed by atoms with Gasteiger partial charge in [-0.1, -0.05) is 13.8 Å². The number of nitrogens with zero attached hydrogens (tertiary/aromatic N) is 2. The molecule has 0 saturated heterocycles. The fourth-order valence-electron chi connectivity index (χ4n) is 1.45. The fourth-order valence-corrected chi connectivity index (χ4v) is 1.45. The zero-order valence-corrected chi connectivity index (χ0v) is 10.1. The van der Waals surface area contributed by atoms with Gasteiger partial charge in [-0.2, -0.15) is 0 Å². The van der Waals surface area contributed by atoms with Crippen LogP contribution < -0.4 is 0 Å². The lowest BCUT2D eigenvalue weighted by atomic mass is 10.1. The molecule has 84 valence electrons. The van der Waals surface area contributed by atoms with Gasteiger partial charge in [-0.15, -0.1) is 0 Å². The molecule has 0 aromatic carbocycles. The lowest BCUT2D eigenvalue weighted by Crippen LogP contribution is -1.99. The van der Waals surface area contributed by atoms with Crippen molar-refractivity contribution >= 4 is 16.8 Å². The number of aromatic nitrogens is 2. The Morgan fingerprint density at radius 3 is 2.62 bits per heavy atom. The van der Waals surface area contributed by atoms with Crippen molar-refractivity contribution < 1.29 is 4.79 Å². The summed E-state index contributed by atoms with van der Waals surface area (Å²) < 4.78 is 0. The van der Waals surface area contributed by atoms with Gasteiger partial charge in [0.15, 0.2) is 11.4 Å². The molecule has 2 rings (SSSR count). The summed E-state index contributed by atoms with van der Waals surface area (Å²) in [4.78, 5) is 19.6. The molecule has 0 N–H and O–H groups in total. The second kappa shape index (κ2) is 5.35. The molecule has 0 aliphatic carbocycles. The maximum atomic E-state index is 11.2. The van der Waals surface area contributed by atoms with Crippen LogP contribution in [-0.4, -0.2) is 15.8 Å². The average Bonchev–Trinajstić information content (AvgIpc) is 2.30. The van der Waals surface area contributed by atoms with Crippen molar-refractivity contribution in [3.8, 4) is 0 Å². The molecule has 0 radical (unpaired) electrons. The normalized spacial score (nSPS) is 9.50. The summed E-state index contributed by atoms with van der Waals surface area (Å²) >= 11 is 0. The number of hydrogen-bond donors (Lipinski definition) is 0. The first-order chi connectivity index (χ1) is 7.68. The van der Waals surface area contributed by atoms with E-state index >= 15 is 0 Å². The van der Waals surface area contributed by atoms with E-state index in [4.69, 9.17) is 0 Å². The van der Waals surface area contributed by atoms with Gasteiger partial charge < -0.3 is 0 Å². The summed E-state index contributed by atoms with van der Waals surface area (Å²) in [6, 6.07) is 5.58. The molecule has 0 amide bonds. The van der Waals surface area contributed by atoms with Gasteiger partial charge in [0.05, 0.1) is 5.69 Å². The monoisotopic (exact) mass is 216 g/mol. The lowest BCUT2D eigenvalue weighted by molar-refractivity contribution is 0.101. The molecule has 0 fully saturated rings. The van der Waals surface area contributed by atoms with Gasteiger partial charge in [0.2, 0.25) is 0 Å². The smallest absolute Gasteiger partial charge is 0.161 e. The third kappa shape index (κ3) is 2.42. The third-order valence-corrected chi connectivity index (χ3v) is 2.16. The number of pyridine rings is 2. The Hall–Kier alpha value is -1.77. The molecule has 3 heteroatoms. The first-order valence-corrected chi connectivity index (χ1v) is 5.42. The SMILES string of the molecule is CC.CC(=O)c1cc2cccnc2nc1C. The van der Waals surface area contributed by atoms with Crippen LogP contribution in [0.2, 0.25) is 0 Å². The molecule has 0 spiro atoms. The van der Waals surface area contributed by atoms with Gasteiger partial charge in [0.1, 0.15) is 0 Å². The summed E-state index contributed by atoms with van der Waals surface area (Å²) in [5, 5.41) is 0.906.